The van der Waals surface area contributed by atoms with E-state index in [-0.39, 0.29) is 6.29 Å². The number of hydrogen-bond acceptors (Lipinski definition) is 30. The number of phenols is 16. The molecule has 78 heavy (non-hydrogen) atoms. The molecule has 402 valence electrons. The summed E-state index contributed by atoms with van der Waals surface area (Å²) in [7, 11) is 0. The molecule has 2 aliphatic heterocycles. The lowest BCUT2D eigenvalue weighted by Gasteiger charge is -2.41. The van der Waals surface area contributed by atoms with E-state index in [2.05, 4.69) is 0 Å². The van der Waals surface area contributed by atoms with Crippen LogP contribution in [0.5, 0.6) is 92.0 Å². The van der Waals surface area contributed by atoms with Crippen LogP contribution < -0.4 is 11.3 Å². The average Bonchev–Trinajstić information content (AvgIpc) is 3.60. The minimum Gasteiger partial charge on any atom is -0.504 e. The molecular weight excluding hydrogens is 1060 g/mol. The van der Waals surface area contributed by atoms with Crippen LogP contribution in [0.4, 0.5) is 0 Å². The second-order valence-electron chi connectivity index (χ2n) is 17.2. The highest BCUT2D eigenvalue weighted by atomic mass is 16.7. The molecule has 30 nitrogen and oxygen atoms in total. The third-order valence-corrected chi connectivity index (χ3v) is 12.9. The second kappa shape index (κ2) is 17.3. The maximum atomic E-state index is 14.7. The van der Waals surface area contributed by atoms with Crippen LogP contribution in [0, 0.1) is 0 Å². The molecule has 6 aromatic carbocycles. The van der Waals surface area contributed by atoms with E-state index in [4.69, 9.17) is 27.8 Å². The van der Waals surface area contributed by atoms with Crippen LogP contribution in [0.3, 0.4) is 0 Å². The summed E-state index contributed by atoms with van der Waals surface area (Å²) < 4.78 is 32.3. The van der Waals surface area contributed by atoms with Crippen molar-refractivity contribution in [1.29, 1.82) is 0 Å². The Hall–Kier alpha value is -11.0. The first-order valence-electron chi connectivity index (χ1n) is 21.6. The first-order valence-corrected chi connectivity index (χ1v) is 21.6. The Morgan fingerprint density at radius 2 is 0.962 bits per heavy atom. The lowest BCUT2D eigenvalue weighted by molar-refractivity contribution is -0.284. The summed E-state index contributed by atoms with van der Waals surface area (Å²) in [6.45, 7) is -1.42. The maximum absolute atomic E-state index is 14.7. The molecule has 30 heteroatoms. The Morgan fingerprint density at radius 3 is 1.46 bits per heavy atom. The highest BCUT2D eigenvalue weighted by Crippen LogP contribution is 2.59. The highest BCUT2D eigenvalue weighted by Gasteiger charge is 2.51. The zero-order chi connectivity index (χ0) is 56.7. The number of carbonyl (C=O) groups excluding carboxylic acids is 4. The van der Waals surface area contributed by atoms with Crippen LogP contribution >= 0.6 is 0 Å². The molecule has 18 N–H and O–H groups in total. The Morgan fingerprint density at radius 1 is 0.500 bits per heavy atom. The van der Waals surface area contributed by atoms with Gasteiger partial charge in [-0.1, -0.05) is 0 Å². The lowest BCUT2D eigenvalue weighted by Crippen LogP contribution is -2.61. The van der Waals surface area contributed by atoms with Crippen molar-refractivity contribution in [2.24, 2.45) is 0 Å². The first-order chi connectivity index (χ1) is 36.7. The molecule has 6 bridgehead atoms. The zero-order valence-electron chi connectivity index (χ0n) is 37.9. The molecule has 2 aliphatic rings. The van der Waals surface area contributed by atoms with Crippen molar-refractivity contribution >= 4 is 56.9 Å². The van der Waals surface area contributed by atoms with Gasteiger partial charge in [0.05, 0.1) is 33.0 Å². The van der Waals surface area contributed by atoms with Crippen molar-refractivity contribution in [1.82, 2.24) is 0 Å². The van der Waals surface area contributed by atoms with Gasteiger partial charge in [-0.3, -0.25) is 4.79 Å². The largest absolute Gasteiger partial charge is 0.504 e. The number of phenolic OH excluding ortho intramolecular Hbond substituents is 16. The van der Waals surface area contributed by atoms with Gasteiger partial charge in [0.2, 0.25) is 34.5 Å². The smallest absolute Gasteiger partial charge is 0.345 e. The van der Waals surface area contributed by atoms with Gasteiger partial charge in [0.1, 0.15) is 18.8 Å². The Balaban J connectivity index is 1.20. The number of fused-ring (bicyclic) bond motifs is 5. The summed E-state index contributed by atoms with van der Waals surface area (Å²) in [5.74, 6) is -28.9. The number of ether oxygens (including phenoxy) is 4. The van der Waals surface area contributed by atoms with E-state index in [0.717, 1.165) is 0 Å². The summed E-state index contributed by atoms with van der Waals surface area (Å²) in [4.78, 5) is 83.0. The maximum Gasteiger partial charge on any atom is 0.345 e. The van der Waals surface area contributed by atoms with E-state index in [9.17, 15) is 121 Å². The van der Waals surface area contributed by atoms with E-state index in [1.54, 1.807) is 0 Å². The Labute approximate surface area is 425 Å². The number of rotatable bonds is 4. The SMILES string of the molecule is O=Cc1cc(-c2c(C(=O)OC3C(O)OC4COC(=O)c5cc(O)c(O)c(O)c5-c5c(O)c(O)c6oc(=O)c7c(c(O)c(O)c8oc(=O)c5c6c87)-c5c(cc(O)c(O)c5O)C(=O)OC4C3O)cc(O)c(O)c2O)c(O)c(O)c1O. The number of aliphatic hydroxyl groups is 2. The third kappa shape index (κ3) is 6.94. The number of esters is 3. The van der Waals surface area contributed by atoms with Gasteiger partial charge in [-0.05, 0) is 24.3 Å². The molecule has 0 amide bonds. The van der Waals surface area contributed by atoms with Gasteiger partial charge in [-0.2, -0.15) is 0 Å². The fourth-order valence-electron chi connectivity index (χ4n) is 9.33. The van der Waals surface area contributed by atoms with Crippen molar-refractivity contribution < 1.29 is 139 Å². The third-order valence-electron chi connectivity index (χ3n) is 12.9. The molecule has 0 aliphatic carbocycles. The van der Waals surface area contributed by atoms with Crippen LogP contribution in [0.25, 0.3) is 66.1 Å². The van der Waals surface area contributed by atoms with E-state index in [1.807, 2.05) is 0 Å². The average molecular weight is 1090 g/mol. The number of aromatic hydroxyl groups is 16. The monoisotopic (exact) mass is 1090 g/mol. The van der Waals surface area contributed by atoms with Gasteiger partial charge >= 0.3 is 29.2 Å². The molecule has 4 heterocycles. The summed E-state index contributed by atoms with van der Waals surface area (Å²) in [6.07, 6.45) is -13.0. The van der Waals surface area contributed by atoms with Crippen LogP contribution in [0.1, 0.15) is 41.4 Å². The van der Waals surface area contributed by atoms with Gasteiger partial charge in [0.15, 0.2) is 93.4 Å². The number of hydrogen-bond donors (Lipinski definition) is 18. The van der Waals surface area contributed by atoms with Crippen molar-refractivity contribution in [2.75, 3.05) is 6.61 Å². The molecule has 0 spiro atoms. The molecule has 1 saturated heterocycles. The summed E-state index contributed by atoms with van der Waals surface area (Å²) in [5, 5.41) is 194. The fourth-order valence-corrected chi connectivity index (χ4v) is 9.33. The molecule has 10 rings (SSSR count). The number of carbonyl (C=O) groups is 4. The topological polar surface area (TPSA) is 530 Å². The first kappa shape index (κ1) is 50.5. The molecular formula is C48H30O30. The van der Waals surface area contributed by atoms with E-state index in [1.165, 1.54) is 0 Å². The molecule has 0 radical (unpaired) electrons. The van der Waals surface area contributed by atoms with Crippen molar-refractivity contribution in [3.63, 3.8) is 0 Å². The Kier molecular flexibility index (Phi) is 11.2. The summed E-state index contributed by atoms with van der Waals surface area (Å²) in [5.41, 5.74) is -17.1. The van der Waals surface area contributed by atoms with Gasteiger partial charge in [-0.25, -0.2) is 24.0 Å². The summed E-state index contributed by atoms with van der Waals surface area (Å²) >= 11 is 0. The van der Waals surface area contributed by atoms with Gasteiger partial charge in [0, 0.05) is 44.2 Å². The van der Waals surface area contributed by atoms with Crippen molar-refractivity contribution in [2.45, 2.75) is 30.7 Å². The predicted octanol–water partition coefficient (Wildman–Crippen LogP) is 1.59. The standard InChI is InChI=1S/C48H30O30/c49-5-7-1-8(26(54)35(63)25(7)53)16-9(2-12(50)27(55)30(16)58)44(68)78-42-38(66)39-15(74-48(42)72)6-73-43(67)10-3-13(51)28(56)31(59)17(10)19-23-21-22-24(47(71)77-40(21)36(64)33(19)61)20(34(62)37(65)41(22)76-46(23)70)18-11(45(69)75-39)4-14(52)29(57)32(18)60/h1-5,15,38-39,42,48,50-66,72H,6H2. The van der Waals surface area contributed by atoms with Crippen LogP contribution in [-0.2, 0) is 18.9 Å². The molecule has 5 atom stereocenters. The predicted molar refractivity (Wildman–Crippen MR) is 248 cm³/mol. The number of cyclic esters (lactones) is 1. The van der Waals surface area contributed by atoms with Gasteiger partial charge in [-0.15, -0.1) is 0 Å². The molecule has 2 aromatic heterocycles. The van der Waals surface area contributed by atoms with Crippen molar-refractivity contribution in [3.05, 3.63) is 67.4 Å². The zero-order valence-corrected chi connectivity index (χ0v) is 37.9. The second-order valence-corrected chi connectivity index (χ2v) is 17.2. The quantitative estimate of drug-likeness (QED) is 0.0297. The number of aliphatic hydroxyl groups excluding tert-OH is 2. The molecule has 0 saturated carbocycles. The number of benzene rings is 6. The molecule has 5 unspecified atom stereocenters. The van der Waals surface area contributed by atoms with E-state index < -0.39 is 247 Å². The Bertz CT molecular complexity index is 4170. The van der Waals surface area contributed by atoms with E-state index in [0.29, 0.717) is 24.3 Å². The van der Waals surface area contributed by atoms with Crippen LogP contribution in [0.15, 0.2) is 42.7 Å². The van der Waals surface area contributed by atoms with Crippen LogP contribution in [0.2, 0.25) is 0 Å². The van der Waals surface area contributed by atoms with Gasteiger partial charge in [0.25, 0.3) is 0 Å². The highest BCUT2D eigenvalue weighted by molar-refractivity contribution is 6.29. The minimum absolute atomic E-state index is 0.0651. The minimum atomic E-state index is -2.75. The number of aldehydes is 1. The lowest BCUT2D eigenvalue weighted by atomic mass is 9.88. The normalized spacial score (nSPS) is 18.4. The molecule has 1 fully saturated rings. The van der Waals surface area contributed by atoms with Crippen LogP contribution in [-0.4, -0.2) is 153 Å². The molecule has 8 aromatic rings. The van der Waals surface area contributed by atoms with Gasteiger partial charge < -0.3 is 120 Å². The fraction of sp³-hybridized carbons (Fsp3) is 0.125. The van der Waals surface area contributed by atoms with Crippen molar-refractivity contribution in [3.8, 4) is 125 Å². The van der Waals surface area contributed by atoms with E-state index >= 15 is 0 Å². The summed E-state index contributed by atoms with van der Waals surface area (Å²) in [6, 6.07) is 1.59.